The zero-order chi connectivity index (χ0) is 24.1. The Morgan fingerprint density at radius 3 is 2.47 bits per heavy atom. The van der Waals surface area contributed by atoms with Crippen LogP contribution in [0.25, 0.3) is 11.8 Å². The van der Waals surface area contributed by atoms with Gasteiger partial charge in [-0.15, -0.1) is 6.58 Å². The minimum Gasteiger partial charge on any atom is -0.493 e. The van der Waals surface area contributed by atoms with Gasteiger partial charge in [-0.1, -0.05) is 64.0 Å². The number of cyclic esters (lactones) is 1. The minimum absolute atomic E-state index is 0.379. The van der Waals surface area contributed by atoms with Crippen LogP contribution in [0.3, 0.4) is 0 Å². The molecule has 172 valence electrons. The first kappa shape index (κ1) is 23.6. The van der Waals surface area contributed by atoms with Crippen molar-refractivity contribution in [1.82, 2.24) is 0 Å². The molecule has 0 saturated heterocycles. The predicted molar refractivity (Wildman–Crippen MR) is 139 cm³/mol. The van der Waals surface area contributed by atoms with Gasteiger partial charge in [0, 0.05) is 15.6 Å². The van der Waals surface area contributed by atoms with Gasteiger partial charge in [0.15, 0.2) is 11.5 Å². The molecule has 4 rings (SSSR count). The smallest absolute Gasteiger partial charge is 0.343 e. The highest BCUT2D eigenvalue weighted by atomic mass is 79.9. The van der Waals surface area contributed by atoms with Crippen LogP contribution in [0.1, 0.15) is 27.8 Å². The maximum absolute atomic E-state index is 12.5. The second-order valence-corrected chi connectivity index (χ2v) is 8.90. The third-order valence-electron chi connectivity index (χ3n) is 5.42. The molecule has 1 aliphatic rings. The van der Waals surface area contributed by atoms with E-state index in [-0.39, 0.29) is 5.97 Å². The summed E-state index contributed by atoms with van der Waals surface area (Å²) >= 11 is 3.45. The Labute approximate surface area is 208 Å². The molecule has 1 heterocycles. The van der Waals surface area contributed by atoms with Gasteiger partial charge >= 0.3 is 5.97 Å². The molecule has 0 saturated carbocycles. The molecule has 0 fully saturated rings. The second-order valence-electron chi connectivity index (χ2n) is 7.98. The fourth-order valence-electron chi connectivity index (χ4n) is 3.65. The van der Waals surface area contributed by atoms with Crippen LogP contribution >= 0.6 is 15.9 Å². The number of hydrogen-bond acceptors (Lipinski definition) is 4. The van der Waals surface area contributed by atoms with Gasteiger partial charge in [0.25, 0.3) is 0 Å². The lowest BCUT2D eigenvalue weighted by Crippen LogP contribution is -2.02. The lowest BCUT2D eigenvalue weighted by Gasteiger charge is -2.16. The quantitative estimate of drug-likeness (QED) is 0.182. The van der Waals surface area contributed by atoms with E-state index in [1.165, 1.54) is 0 Å². The highest BCUT2D eigenvalue weighted by molar-refractivity contribution is 9.10. The van der Waals surface area contributed by atoms with Crippen molar-refractivity contribution < 1.29 is 19.0 Å². The molecule has 34 heavy (non-hydrogen) atoms. The van der Waals surface area contributed by atoms with E-state index >= 15 is 0 Å². The molecule has 0 unspecified atom stereocenters. The summed E-state index contributed by atoms with van der Waals surface area (Å²) in [5.74, 6) is 1.43. The summed E-state index contributed by atoms with van der Waals surface area (Å²) in [6.45, 7) is 6.30. The third kappa shape index (κ3) is 5.49. The largest absolute Gasteiger partial charge is 0.493 e. The first-order valence-electron chi connectivity index (χ1n) is 10.9. The number of hydrogen-bond donors (Lipinski definition) is 0. The summed E-state index contributed by atoms with van der Waals surface area (Å²) in [4.78, 5) is 12.5. The van der Waals surface area contributed by atoms with Crippen molar-refractivity contribution >= 4 is 33.7 Å². The molecular formula is C29H25BrO4. The van der Waals surface area contributed by atoms with Crippen molar-refractivity contribution in [3.8, 4) is 11.5 Å². The van der Waals surface area contributed by atoms with Crippen LogP contribution in [0.5, 0.6) is 11.5 Å². The topological polar surface area (TPSA) is 44.8 Å². The normalized spacial score (nSPS) is 14.0. The van der Waals surface area contributed by atoms with Gasteiger partial charge in [0.05, 0.1) is 12.7 Å². The Balaban J connectivity index is 1.64. The fraction of sp³-hybridized carbons (Fsp3) is 0.138. The molecule has 0 N–H and O–H groups in total. The SMILES string of the molecule is C=CCc1cc(/C=C2\C=C(c3ccc(C)cc3)OC2=O)cc(OC)c1OCc1ccc(Br)cc1. The predicted octanol–water partition coefficient (Wildman–Crippen LogP) is 7.05. The van der Waals surface area contributed by atoms with Crippen LogP contribution in [-0.2, 0) is 22.6 Å². The molecular weight excluding hydrogens is 492 g/mol. The molecule has 0 amide bonds. The van der Waals surface area contributed by atoms with Crippen LogP contribution in [0.4, 0.5) is 0 Å². The van der Waals surface area contributed by atoms with Crippen LogP contribution < -0.4 is 9.47 Å². The average molecular weight is 517 g/mol. The number of ether oxygens (including phenoxy) is 3. The summed E-state index contributed by atoms with van der Waals surface area (Å²) in [7, 11) is 1.61. The zero-order valence-electron chi connectivity index (χ0n) is 19.1. The Kier molecular flexibility index (Phi) is 7.33. The monoisotopic (exact) mass is 516 g/mol. The highest BCUT2D eigenvalue weighted by Crippen LogP contribution is 2.36. The average Bonchev–Trinajstić information content (AvgIpc) is 3.19. The summed E-state index contributed by atoms with van der Waals surface area (Å²) in [5.41, 5.74) is 5.28. The molecule has 3 aromatic carbocycles. The molecule has 0 radical (unpaired) electrons. The van der Waals surface area contributed by atoms with E-state index in [0.717, 1.165) is 32.3 Å². The van der Waals surface area contributed by atoms with E-state index in [0.29, 0.717) is 35.9 Å². The van der Waals surface area contributed by atoms with E-state index in [1.54, 1.807) is 19.3 Å². The number of methoxy groups -OCH3 is 1. The molecule has 4 nitrogen and oxygen atoms in total. The zero-order valence-corrected chi connectivity index (χ0v) is 20.7. The van der Waals surface area contributed by atoms with Gasteiger partial charge < -0.3 is 14.2 Å². The summed E-state index contributed by atoms with van der Waals surface area (Å²) in [5, 5.41) is 0. The van der Waals surface area contributed by atoms with Gasteiger partial charge in [-0.25, -0.2) is 4.79 Å². The lowest BCUT2D eigenvalue weighted by atomic mass is 10.0. The summed E-state index contributed by atoms with van der Waals surface area (Å²) < 4.78 is 18.3. The summed E-state index contributed by atoms with van der Waals surface area (Å²) in [6, 6.07) is 19.7. The molecule has 1 aliphatic heterocycles. The number of carbonyl (C=O) groups is 1. The molecule has 0 atom stereocenters. The van der Waals surface area contributed by atoms with E-state index in [4.69, 9.17) is 14.2 Å². The second kappa shape index (κ2) is 10.6. The Bertz CT molecular complexity index is 1270. The number of carbonyl (C=O) groups excluding carboxylic acids is 1. The van der Waals surface area contributed by atoms with Gasteiger partial charge in [0.2, 0.25) is 0 Å². The van der Waals surface area contributed by atoms with Gasteiger partial charge in [0.1, 0.15) is 12.4 Å². The number of esters is 1. The van der Waals surface area contributed by atoms with Gasteiger partial charge in [-0.3, -0.25) is 0 Å². The molecule has 0 aliphatic carbocycles. The Morgan fingerprint density at radius 1 is 1.06 bits per heavy atom. The number of benzene rings is 3. The first-order valence-corrected chi connectivity index (χ1v) is 11.7. The van der Waals surface area contributed by atoms with Crippen LogP contribution in [0.2, 0.25) is 0 Å². The number of rotatable bonds is 8. The Morgan fingerprint density at radius 2 is 1.79 bits per heavy atom. The van der Waals surface area contributed by atoms with E-state index in [1.807, 2.05) is 73.7 Å². The molecule has 3 aromatic rings. The Hall–Kier alpha value is -3.57. The molecule has 0 bridgehead atoms. The van der Waals surface area contributed by atoms with Crippen molar-refractivity contribution in [1.29, 1.82) is 0 Å². The molecule has 0 spiro atoms. The highest BCUT2D eigenvalue weighted by Gasteiger charge is 2.22. The van der Waals surface area contributed by atoms with Gasteiger partial charge in [-0.2, -0.15) is 0 Å². The van der Waals surface area contributed by atoms with Crippen molar-refractivity contribution in [3.63, 3.8) is 0 Å². The van der Waals surface area contributed by atoms with E-state index < -0.39 is 0 Å². The van der Waals surface area contributed by atoms with Crippen molar-refractivity contribution in [2.75, 3.05) is 7.11 Å². The third-order valence-corrected chi connectivity index (χ3v) is 5.95. The summed E-state index contributed by atoms with van der Waals surface area (Å²) in [6.07, 6.45) is 5.98. The minimum atomic E-state index is -0.379. The van der Waals surface area contributed by atoms with E-state index in [9.17, 15) is 4.79 Å². The fourth-order valence-corrected chi connectivity index (χ4v) is 3.92. The van der Waals surface area contributed by atoms with Crippen LogP contribution in [-0.4, -0.2) is 13.1 Å². The molecule has 0 aromatic heterocycles. The van der Waals surface area contributed by atoms with Crippen molar-refractivity contribution in [2.45, 2.75) is 20.0 Å². The van der Waals surface area contributed by atoms with Crippen LogP contribution in [0.15, 0.2) is 89.4 Å². The van der Waals surface area contributed by atoms with Crippen molar-refractivity contribution in [2.24, 2.45) is 0 Å². The number of allylic oxidation sites excluding steroid dienone is 1. The van der Waals surface area contributed by atoms with Gasteiger partial charge in [-0.05, 0) is 60.9 Å². The van der Waals surface area contributed by atoms with E-state index in [2.05, 4.69) is 22.5 Å². The maximum Gasteiger partial charge on any atom is 0.343 e. The number of aryl methyl sites for hydroxylation is 1. The molecule has 5 heteroatoms. The van der Waals surface area contributed by atoms with Crippen molar-refractivity contribution in [3.05, 3.63) is 117 Å². The lowest BCUT2D eigenvalue weighted by molar-refractivity contribution is -0.130. The number of halogens is 1. The van der Waals surface area contributed by atoms with Crippen LogP contribution in [0, 0.1) is 6.92 Å². The maximum atomic E-state index is 12.5. The standard InChI is InChI=1S/C29H25BrO4/c1-4-5-23-14-21(15-24-17-26(34-29(24)31)22-10-6-19(2)7-11-22)16-27(32-3)28(23)33-18-20-8-12-25(30)13-9-20/h4,6-17H,1,5,18H2,2-3H3/b24-15+. The first-order chi connectivity index (χ1) is 16.5.